The van der Waals surface area contributed by atoms with Crippen LogP contribution >= 0.6 is 0 Å². The third-order valence-electron chi connectivity index (χ3n) is 5.52. The van der Waals surface area contributed by atoms with E-state index < -0.39 is 10.9 Å². The number of anilines is 1. The number of hydrogen-bond acceptors (Lipinski definition) is 6. The number of carbonyl (C=O) groups is 1. The first-order chi connectivity index (χ1) is 12.4. The van der Waals surface area contributed by atoms with E-state index in [1.807, 2.05) is 0 Å². The number of ether oxygens (including phenoxy) is 2. The molecule has 0 amide bonds. The second kappa shape index (κ2) is 7.61. The van der Waals surface area contributed by atoms with Crippen LogP contribution in [-0.2, 0) is 9.47 Å². The summed E-state index contributed by atoms with van der Waals surface area (Å²) in [5.41, 5.74) is 0.915. The molecule has 142 valence electrons. The van der Waals surface area contributed by atoms with Crippen molar-refractivity contribution >= 4 is 17.3 Å². The molecular weight excluding hydrogens is 336 g/mol. The van der Waals surface area contributed by atoms with Gasteiger partial charge in [-0.2, -0.15) is 0 Å². The SMILES string of the molecule is COC(=O)c1cc(NC2CCOC3(CCCCC3)C2)cc(C)c1[N+](=O)[O-]. The molecule has 0 radical (unpaired) electrons. The van der Waals surface area contributed by atoms with Gasteiger partial charge in [-0.1, -0.05) is 19.3 Å². The van der Waals surface area contributed by atoms with Crippen LogP contribution in [0.2, 0.25) is 0 Å². The van der Waals surface area contributed by atoms with Crippen molar-refractivity contribution in [3.8, 4) is 0 Å². The summed E-state index contributed by atoms with van der Waals surface area (Å²) in [5, 5.41) is 14.8. The minimum absolute atomic E-state index is 0.0144. The van der Waals surface area contributed by atoms with Crippen LogP contribution in [0.15, 0.2) is 12.1 Å². The van der Waals surface area contributed by atoms with Gasteiger partial charge in [-0.05, 0) is 44.7 Å². The number of hydrogen-bond donors (Lipinski definition) is 1. The smallest absolute Gasteiger partial charge is 0.344 e. The van der Waals surface area contributed by atoms with Crippen molar-refractivity contribution in [3.63, 3.8) is 0 Å². The van der Waals surface area contributed by atoms with Crippen molar-refractivity contribution in [2.45, 2.75) is 63.5 Å². The number of aryl methyl sites for hydroxylation is 1. The van der Waals surface area contributed by atoms with Crippen LogP contribution in [0, 0.1) is 17.0 Å². The zero-order valence-corrected chi connectivity index (χ0v) is 15.4. The van der Waals surface area contributed by atoms with Crippen molar-refractivity contribution in [1.82, 2.24) is 0 Å². The zero-order chi connectivity index (χ0) is 18.7. The molecule has 0 aromatic heterocycles. The van der Waals surface area contributed by atoms with Crippen molar-refractivity contribution in [2.24, 2.45) is 0 Å². The number of carbonyl (C=O) groups excluding carboxylic acids is 1. The fraction of sp³-hybridized carbons (Fsp3) is 0.632. The van der Waals surface area contributed by atoms with Gasteiger partial charge in [-0.25, -0.2) is 4.79 Å². The number of benzene rings is 1. The zero-order valence-electron chi connectivity index (χ0n) is 15.4. The van der Waals surface area contributed by atoms with Gasteiger partial charge in [0.15, 0.2) is 0 Å². The maximum Gasteiger partial charge on any atom is 0.344 e. The number of nitro benzene ring substituents is 1. The Morgan fingerprint density at radius 1 is 1.35 bits per heavy atom. The Balaban J connectivity index is 1.82. The van der Waals surface area contributed by atoms with E-state index in [0.717, 1.165) is 25.7 Å². The lowest BCUT2D eigenvalue weighted by molar-refractivity contribution is -0.385. The molecule has 1 N–H and O–H groups in total. The summed E-state index contributed by atoms with van der Waals surface area (Å²) < 4.78 is 10.9. The normalized spacial score (nSPS) is 22.0. The van der Waals surface area contributed by atoms with Crippen LogP contribution in [-0.4, -0.2) is 36.3 Å². The molecule has 1 spiro atoms. The number of nitrogens with one attached hydrogen (secondary N) is 1. The Morgan fingerprint density at radius 2 is 2.08 bits per heavy atom. The molecule has 1 atom stereocenters. The van der Waals surface area contributed by atoms with Crippen LogP contribution in [0.5, 0.6) is 0 Å². The molecule has 2 aliphatic rings. The van der Waals surface area contributed by atoms with Crippen molar-refractivity contribution in [3.05, 3.63) is 33.4 Å². The standard InChI is InChI=1S/C19H26N2O5/c1-13-10-15(11-16(18(22)25-2)17(13)21(23)24)20-14-6-9-26-19(12-14)7-4-3-5-8-19/h10-11,14,20H,3-9,12H2,1-2H3. The van der Waals surface area contributed by atoms with Crippen LogP contribution in [0.1, 0.15) is 60.9 Å². The summed E-state index contributed by atoms with van der Waals surface area (Å²) in [4.78, 5) is 22.8. The van der Waals surface area contributed by atoms with E-state index in [-0.39, 0.29) is 22.9 Å². The third kappa shape index (κ3) is 3.82. The van der Waals surface area contributed by atoms with Gasteiger partial charge < -0.3 is 14.8 Å². The molecule has 1 unspecified atom stereocenters. The average molecular weight is 362 g/mol. The maximum absolute atomic E-state index is 12.0. The fourth-order valence-corrected chi connectivity index (χ4v) is 4.30. The fourth-order valence-electron chi connectivity index (χ4n) is 4.30. The van der Waals surface area contributed by atoms with E-state index in [1.165, 1.54) is 32.4 Å². The summed E-state index contributed by atoms with van der Waals surface area (Å²) in [5.74, 6) is -0.695. The number of methoxy groups -OCH3 is 1. The van der Waals surface area contributed by atoms with E-state index in [0.29, 0.717) is 17.9 Å². The highest BCUT2D eigenvalue weighted by molar-refractivity contribution is 5.95. The molecule has 3 rings (SSSR count). The summed E-state index contributed by atoms with van der Waals surface area (Å²) in [6, 6.07) is 3.49. The first-order valence-corrected chi connectivity index (χ1v) is 9.22. The van der Waals surface area contributed by atoms with E-state index in [4.69, 9.17) is 9.47 Å². The Labute approximate surface area is 153 Å². The molecule has 7 nitrogen and oxygen atoms in total. The molecule has 1 aromatic carbocycles. The van der Waals surface area contributed by atoms with Crippen LogP contribution in [0.25, 0.3) is 0 Å². The molecule has 1 heterocycles. The summed E-state index contributed by atoms with van der Waals surface area (Å²) >= 11 is 0. The molecule has 1 saturated heterocycles. The molecule has 26 heavy (non-hydrogen) atoms. The monoisotopic (exact) mass is 362 g/mol. The highest BCUT2D eigenvalue weighted by atomic mass is 16.6. The second-order valence-electron chi connectivity index (χ2n) is 7.36. The molecule has 1 saturated carbocycles. The Morgan fingerprint density at radius 3 is 2.73 bits per heavy atom. The van der Waals surface area contributed by atoms with E-state index in [2.05, 4.69) is 5.32 Å². The predicted molar refractivity (Wildman–Crippen MR) is 97.6 cm³/mol. The Bertz CT molecular complexity index is 692. The Kier molecular flexibility index (Phi) is 5.46. The van der Waals surface area contributed by atoms with Gasteiger partial charge >= 0.3 is 5.97 Å². The van der Waals surface area contributed by atoms with Crippen molar-refractivity contribution < 1.29 is 19.2 Å². The van der Waals surface area contributed by atoms with Crippen LogP contribution in [0.4, 0.5) is 11.4 Å². The lowest BCUT2D eigenvalue weighted by Gasteiger charge is -2.44. The van der Waals surface area contributed by atoms with Crippen LogP contribution < -0.4 is 5.32 Å². The molecule has 2 fully saturated rings. The van der Waals surface area contributed by atoms with E-state index in [1.54, 1.807) is 13.0 Å². The molecule has 1 aromatic rings. The topological polar surface area (TPSA) is 90.7 Å². The van der Waals surface area contributed by atoms with E-state index in [9.17, 15) is 14.9 Å². The predicted octanol–water partition coefficient (Wildman–Crippen LogP) is 3.98. The molecule has 1 aliphatic carbocycles. The highest BCUT2D eigenvalue weighted by Crippen LogP contribution is 2.39. The molecule has 0 bridgehead atoms. The average Bonchev–Trinajstić information content (AvgIpc) is 2.61. The van der Waals surface area contributed by atoms with Crippen molar-refractivity contribution in [1.29, 1.82) is 0 Å². The van der Waals surface area contributed by atoms with Gasteiger partial charge in [0.2, 0.25) is 0 Å². The number of rotatable bonds is 4. The number of nitrogens with zero attached hydrogens (tertiary/aromatic N) is 1. The Hall–Kier alpha value is -2.15. The van der Waals surface area contributed by atoms with Crippen molar-refractivity contribution in [2.75, 3.05) is 19.0 Å². The van der Waals surface area contributed by atoms with Crippen LogP contribution in [0.3, 0.4) is 0 Å². The van der Waals surface area contributed by atoms with Gasteiger partial charge in [0, 0.05) is 23.9 Å². The quantitative estimate of drug-likeness (QED) is 0.495. The largest absolute Gasteiger partial charge is 0.465 e. The summed E-state index contributed by atoms with van der Waals surface area (Å²) in [6.07, 6.45) is 7.68. The maximum atomic E-state index is 12.0. The minimum Gasteiger partial charge on any atom is -0.465 e. The number of nitro groups is 1. The van der Waals surface area contributed by atoms with E-state index >= 15 is 0 Å². The van der Waals surface area contributed by atoms with Gasteiger partial charge in [0.1, 0.15) is 5.56 Å². The first kappa shape index (κ1) is 18.6. The van der Waals surface area contributed by atoms with Gasteiger partial charge in [-0.15, -0.1) is 0 Å². The number of esters is 1. The van der Waals surface area contributed by atoms with Gasteiger partial charge in [0.05, 0.1) is 17.6 Å². The second-order valence-corrected chi connectivity index (χ2v) is 7.36. The lowest BCUT2D eigenvalue weighted by Crippen LogP contribution is -2.45. The lowest BCUT2D eigenvalue weighted by atomic mass is 9.78. The molecule has 7 heteroatoms. The summed E-state index contributed by atoms with van der Waals surface area (Å²) in [7, 11) is 1.23. The summed E-state index contributed by atoms with van der Waals surface area (Å²) in [6.45, 7) is 2.36. The molecular formula is C19H26N2O5. The third-order valence-corrected chi connectivity index (χ3v) is 5.52. The van der Waals surface area contributed by atoms with Gasteiger partial charge in [0.25, 0.3) is 5.69 Å². The first-order valence-electron chi connectivity index (χ1n) is 9.22. The van der Waals surface area contributed by atoms with Gasteiger partial charge in [-0.3, -0.25) is 10.1 Å². The minimum atomic E-state index is -0.695. The molecule has 1 aliphatic heterocycles. The highest BCUT2D eigenvalue weighted by Gasteiger charge is 2.38.